The average Bonchev–Trinajstić information content (AvgIpc) is 3.12. The Balaban J connectivity index is 5.70. The number of aliphatic hydroxyl groups excluding tert-OH is 3. The van der Waals surface area contributed by atoms with Crippen molar-refractivity contribution in [2.24, 2.45) is 5.41 Å². The van der Waals surface area contributed by atoms with Crippen LogP contribution in [0.25, 0.3) is 0 Å². The van der Waals surface area contributed by atoms with E-state index in [2.05, 4.69) is 0 Å². The lowest BCUT2D eigenvalue weighted by molar-refractivity contribution is -0.197. The fraction of sp³-hybridized carbons (Fsp3) is 0.857. The van der Waals surface area contributed by atoms with Gasteiger partial charge in [-0.3, -0.25) is 14.4 Å². The van der Waals surface area contributed by atoms with Crippen LogP contribution in [0.5, 0.6) is 0 Å². The number of unbranched alkanes of at least 4 members (excludes halogenated alkanes) is 21. The van der Waals surface area contributed by atoms with Gasteiger partial charge >= 0.3 is 23.9 Å². The van der Waals surface area contributed by atoms with Crippen LogP contribution >= 0.6 is 0 Å². The Bertz CT molecular complexity index is 989. The molecule has 0 aromatic heterocycles. The molecule has 0 saturated heterocycles. The summed E-state index contributed by atoms with van der Waals surface area (Å²) in [7, 11) is 0. The second kappa shape index (κ2) is 32.5. The molecule has 12 heteroatoms. The zero-order valence-corrected chi connectivity index (χ0v) is 33.5. The molecule has 0 heterocycles. The molecule has 0 aliphatic rings. The summed E-state index contributed by atoms with van der Waals surface area (Å²) in [6.45, 7) is 0.365. The van der Waals surface area contributed by atoms with Crippen molar-refractivity contribution in [2.45, 2.75) is 211 Å². The molecule has 54 heavy (non-hydrogen) atoms. The Morgan fingerprint density at radius 2 is 0.796 bits per heavy atom. The van der Waals surface area contributed by atoms with Crippen LogP contribution in [0, 0.1) is 5.41 Å². The van der Waals surface area contributed by atoms with E-state index in [1.54, 1.807) is 0 Å². The predicted octanol–water partition coefficient (Wildman–Crippen LogP) is 9.02. The maximum absolute atomic E-state index is 11.8. The van der Waals surface area contributed by atoms with Crippen molar-refractivity contribution < 1.29 is 59.7 Å². The molecule has 0 bridgehead atoms. The third kappa shape index (κ3) is 23.9. The van der Waals surface area contributed by atoms with Crippen LogP contribution in [-0.4, -0.2) is 84.5 Å². The van der Waals surface area contributed by atoms with E-state index in [0.717, 1.165) is 116 Å². The number of aliphatic carboxylic acids is 4. The largest absolute Gasteiger partial charge is 0.493 e. The van der Waals surface area contributed by atoms with Gasteiger partial charge in [0.2, 0.25) is 0 Å². The molecule has 0 rings (SSSR count). The van der Waals surface area contributed by atoms with E-state index in [1.807, 2.05) is 0 Å². The smallest absolute Gasteiger partial charge is 0.334 e. The molecule has 0 amide bonds. The van der Waals surface area contributed by atoms with Crippen LogP contribution in [0.3, 0.4) is 0 Å². The summed E-state index contributed by atoms with van der Waals surface area (Å²) in [4.78, 5) is 44.0. The fourth-order valence-electron chi connectivity index (χ4n) is 7.41. The Morgan fingerprint density at radius 3 is 1.09 bits per heavy atom. The number of hydrogen-bond donors (Lipinski definition) is 7. The van der Waals surface area contributed by atoms with Gasteiger partial charge in [0.1, 0.15) is 5.60 Å². The van der Waals surface area contributed by atoms with Crippen LogP contribution in [0.2, 0.25) is 0 Å². The van der Waals surface area contributed by atoms with Crippen LogP contribution in [0.4, 0.5) is 0 Å². The van der Waals surface area contributed by atoms with Crippen LogP contribution in [0.15, 0.2) is 11.8 Å². The summed E-state index contributed by atoms with van der Waals surface area (Å²) in [5, 5.41) is 70.0. The molecular weight excluding hydrogens is 696 g/mol. The van der Waals surface area contributed by atoms with Crippen molar-refractivity contribution in [1.29, 1.82) is 0 Å². The molecule has 7 N–H and O–H groups in total. The second-order valence-corrected chi connectivity index (χ2v) is 15.4. The first kappa shape index (κ1) is 51.3. The highest BCUT2D eigenvalue weighted by Crippen LogP contribution is 2.47. The predicted molar refractivity (Wildman–Crippen MR) is 209 cm³/mol. The normalized spacial score (nSPS) is 12.9. The average molecular weight is 773 g/mol. The minimum absolute atomic E-state index is 0.0209. The molecule has 0 aliphatic carbocycles. The van der Waals surface area contributed by atoms with E-state index >= 15 is 0 Å². The number of carbonyl (C=O) groups is 4. The molecule has 0 aromatic carbocycles. The van der Waals surface area contributed by atoms with E-state index in [0.29, 0.717) is 57.8 Å². The SMILES string of the molecule is CC(=COC(CCCCCCCCCCC(=O)O)(CCCCCCCCCCC(=O)O)C(CO)(CO)C(O)CCCCCCCCCCC(=O)O)C(=O)O. The minimum atomic E-state index is -1.44. The van der Waals surface area contributed by atoms with Gasteiger partial charge in [-0.1, -0.05) is 122 Å². The highest BCUT2D eigenvalue weighted by Gasteiger charge is 2.56. The molecule has 0 fully saturated rings. The second-order valence-electron chi connectivity index (χ2n) is 15.4. The standard InChI is InChI=1S/C42H76O12/c1-35(40(52)53)32-54-42(30-24-18-12-6-4-10-16-22-28-38(48)49,31-25-19-13-7-5-11-17-23-29-39(50)51)41(33-43,34-44)36(45)26-20-14-8-2-3-9-15-21-27-37(46)47/h32,36,43-45H,2-31,33-34H2,1H3,(H,46,47)(H,48,49)(H,50,51)(H,52,53). The summed E-state index contributed by atoms with van der Waals surface area (Å²) in [5.41, 5.74) is -2.69. The Labute approximate surface area is 324 Å². The third-order valence-electron chi connectivity index (χ3n) is 11.0. The summed E-state index contributed by atoms with van der Waals surface area (Å²) in [6.07, 6.45) is 22.9. The Hall–Kier alpha value is -2.70. The number of ether oxygens (including phenoxy) is 1. The van der Waals surface area contributed by atoms with Crippen molar-refractivity contribution in [3.8, 4) is 0 Å². The van der Waals surface area contributed by atoms with Gasteiger partial charge in [0.25, 0.3) is 0 Å². The first-order valence-corrected chi connectivity index (χ1v) is 21.0. The minimum Gasteiger partial charge on any atom is -0.493 e. The number of carboxylic acids is 4. The summed E-state index contributed by atoms with van der Waals surface area (Å²) < 4.78 is 6.45. The van der Waals surface area contributed by atoms with Crippen LogP contribution in [-0.2, 0) is 23.9 Å². The lowest BCUT2D eigenvalue weighted by Gasteiger charge is -2.51. The van der Waals surface area contributed by atoms with Crippen molar-refractivity contribution in [3.05, 3.63) is 11.8 Å². The maximum atomic E-state index is 11.8. The molecule has 0 aliphatic heterocycles. The van der Waals surface area contributed by atoms with Crippen LogP contribution < -0.4 is 0 Å². The van der Waals surface area contributed by atoms with Crippen molar-refractivity contribution in [1.82, 2.24) is 0 Å². The van der Waals surface area contributed by atoms with E-state index < -0.39 is 54.2 Å². The molecule has 0 aromatic rings. The summed E-state index contributed by atoms with van der Waals surface area (Å²) >= 11 is 0. The quantitative estimate of drug-likeness (QED) is 0.0176. The van der Waals surface area contributed by atoms with E-state index in [4.69, 9.17) is 20.1 Å². The van der Waals surface area contributed by atoms with Gasteiger partial charge < -0.3 is 40.5 Å². The first-order valence-electron chi connectivity index (χ1n) is 21.0. The zero-order chi connectivity index (χ0) is 40.5. The van der Waals surface area contributed by atoms with Crippen molar-refractivity contribution in [3.63, 3.8) is 0 Å². The lowest BCUT2D eigenvalue weighted by Crippen LogP contribution is -2.60. The molecular formula is C42H76O12. The Morgan fingerprint density at radius 1 is 0.500 bits per heavy atom. The fourth-order valence-corrected chi connectivity index (χ4v) is 7.41. The molecule has 1 atom stereocenters. The molecule has 12 nitrogen and oxygen atoms in total. The van der Waals surface area contributed by atoms with Gasteiger partial charge in [-0.25, -0.2) is 4.79 Å². The zero-order valence-electron chi connectivity index (χ0n) is 33.5. The molecule has 0 saturated carbocycles. The molecule has 0 radical (unpaired) electrons. The molecule has 316 valence electrons. The van der Waals surface area contributed by atoms with E-state index in [1.165, 1.54) is 13.2 Å². The highest BCUT2D eigenvalue weighted by molar-refractivity contribution is 5.85. The molecule has 1 unspecified atom stereocenters. The van der Waals surface area contributed by atoms with Gasteiger partial charge in [-0.15, -0.1) is 0 Å². The first-order chi connectivity index (χ1) is 25.9. The summed E-state index contributed by atoms with van der Waals surface area (Å²) in [6, 6.07) is 0. The number of rotatable bonds is 40. The highest BCUT2D eigenvalue weighted by atomic mass is 16.5. The van der Waals surface area contributed by atoms with Gasteiger partial charge in [0, 0.05) is 19.3 Å². The monoisotopic (exact) mass is 773 g/mol. The number of hydrogen-bond acceptors (Lipinski definition) is 8. The van der Waals surface area contributed by atoms with Crippen molar-refractivity contribution >= 4 is 23.9 Å². The molecule has 0 spiro atoms. The van der Waals surface area contributed by atoms with Crippen LogP contribution in [0.1, 0.15) is 200 Å². The van der Waals surface area contributed by atoms with Gasteiger partial charge in [-0.05, 0) is 58.3 Å². The maximum Gasteiger partial charge on any atom is 0.334 e. The number of aliphatic hydroxyl groups is 3. The topological polar surface area (TPSA) is 219 Å². The lowest BCUT2D eigenvalue weighted by atomic mass is 9.63. The van der Waals surface area contributed by atoms with Gasteiger partial charge in [-0.2, -0.15) is 0 Å². The third-order valence-corrected chi connectivity index (χ3v) is 11.0. The van der Waals surface area contributed by atoms with E-state index in [-0.39, 0.29) is 24.8 Å². The van der Waals surface area contributed by atoms with Gasteiger partial charge in [0.05, 0.1) is 36.6 Å². The van der Waals surface area contributed by atoms with Gasteiger partial charge in [0.15, 0.2) is 0 Å². The number of carboxylic acid groups (broad SMARTS) is 4. The van der Waals surface area contributed by atoms with E-state index in [9.17, 15) is 39.6 Å². The summed E-state index contributed by atoms with van der Waals surface area (Å²) in [5.74, 6) is -3.46. The van der Waals surface area contributed by atoms with Crippen molar-refractivity contribution in [2.75, 3.05) is 13.2 Å². The Kier molecular flexibility index (Phi) is 30.9.